The quantitative estimate of drug-likeness (QED) is 0.212. The number of halogens is 1. The highest BCUT2D eigenvalue weighted by Gasteiger charge is 2.16. The van der Waals surface area contributed by atoms with Gasteiger partial charge in [0.1, 0.15) is 6.67 Å². The van der Waals surface area contributed by atoms with Gasteiger partial charge in [-0.25, -0.2) is 4.39 Å². The molecule has 0 aliphatic carbocycles. The number of para-hydroxylation sites is 1. The molecule has 6 rings (SSSR count). The third-order valence-electron chi connectivity index (χ3n) is 6.98. The smallest absolute Gasteiger partial charge is 0.115 e. The Morgan fingerprint density at radius 3 is 1.54 bits per heavy atom. The van der Waals surface area contributed by atoms with Crippen molar-refractivity contribution in [3.05, 3.63) is 157 Å². The molecule has 0 spiro atoms. The number of aryl methyl sites for hydroxylation is 1. The van der Waals surface area contributed by atoms with E-state index in [0.29, 0.717) is 5.56 Å². The van der Waals surface area contributed by atoms with E-state index in [1.54, 1.807) is 0 Å². The van der Waals surface area contributed by atoms with Crippen molar-refractivity contribution >= 4 is 44.9 Å². The Morgan fingerprint density at radius 2 is 0.923 bits per heavy atom. The molecule has 0 saturated heterocycles. The fourth-order valence-electron chi connectivity index (χ4n) is 5.04. The molecule has 0 unspecified atom stereocenters. The van der Waals surface area contributed by atoms with Crippen LogP contribution in [0.25, 0.3) is 10.8 Å². The average Bonchev–Trinajstić information content (AvgIpc) is 2.99. The second kappa shape index (κ2) is 10.8. The van der Waals surface area contributed by atoms with Crippen LogP contribution in [-0.4, -0.2) is 0 Å². The van der Waals surface area contributed by atoms with Crippen LogP contribution in [0.2, 0.25) is 0 Å². The fraction of sp³-hybridized carbons (Fsp3) is 0.0556. The van der Waals surface area contributed by atoms with Gasteiger partial charge in [-0.15, -0.1) is 0 Å². The Hall–Kier alpha value is -4.89. The molecule has 6 aromatic rings. The van der Waals surface area contributed by atoms with Crippen LogP contribution in [0.5, 0.6) is 0 Å². The first-order valence-corrected chi connectivity index (χ1v) is 13.2. The standard InChI is InChI=1S/C36H29FN2/c1-27-8-7-13-35(24-27)38(31-11-3-2-4-12-31)33-20-22-34(23-21-33)39(32-17-14-28(26-37)15-18-32)36-19-16-29-9-5-6-10-30(29)25-36/h2-25H,26H2,1H3. The van der Waals surface area contributed by atoms with E-state index >= 15 is 0 Å². The van der Waals surface area contributed by atoms with Crippen LogP contribution in [0.1, 0.15) is 11.1 Å². The molecule has 3 heteroatoms. The second-order valence-electron chi connectivity index (χ2n) is 9.69. The molecule has 0 aromatic heterocycles. The third kappa shape index (κ3) is 5.12. The van der Waals surface area contributed by atoms with E-state index in [9.17, 15) is 4.39 Å². The Kier molecular flexibility index (Phi) is 6.80. The minimum atomic E-state index is -0.473. The number of benzene rings is 6. The topological polar surface area (TPSA) is 6.48 Å². The lowest BCUT2D eigenvalue weighted by molar-refractivity contribution is 0.485. The molecule has 0 aliphatic heterocycles. The number of alkyl halides is 1. The highest BCUT2D eigenvalue weighted by atomic mass is 19.1. The van der Waals surface area contributed by atoms with Gasteiger partial charge < -0.3 is 9.80 Å². The first-order chi connectivity index (χ1) is 19.2. The molecule has 190 valence electrons. The number of nitrogens with zero attached hydrogens (tertiary/aromatic N) is 2. The largest absolute Gasteiger partial charge is 0.310 e. The molecule has 0 atom stereocenters. The summed E-state index contributed by atoms with van der Waals surface area (Å²) in [5, 5.41) is 2.37. The van der Waals surface area contributed by atoms with Gasteiger partial charge in [0.05, 0.1) is 0 Å². The lowest BCUT2D eigenvalue weighted by atomic mass is 10.1. The molecular weight excluding hydrogens is 479 g/mol. The van der Waals surface area contributed by atoms with Gasteiger partial charge in [0.2, 0.25) is 0 Å². The SMILES string of the molecule is Cc1cccc(N(c2ccccc2)c2ccc(N(c3ccc(CF)cc3)c3ccc4ccccc4c3)cc2)c1. The van der Waals surface area contributed by atoms with Gasteiger partial charge in [0, 0.05) is 34.1 Å². The molecule has 2 nitrogen and oxygen atoms in total. The Labute approximate surface area is 229 Å². The Bertz CT molecular complexity index is 1690. The van der Waals surface area contributed by atoms with Gasteiger partial charge in [-0.05, 0) is 102 Å². The van der Waals surface area contributed by atoms with E-state index in [-0.39, 0.29) is 0 Å². The monoisotopic (exact) mass is 508 g/mol. The van der Waals surface area contributed by atoms with Crippen molar-refractivity contribution in [3.8, 4) is 0 Å². The average molecular weight is 509 g/mol. The summed E-state index contributed by atoms with van der Waals surface area (Å²) in [4.78, 5) is 4.49. The summed E-state index contributed by atoms with van der Waals surface area (Å²) in [6, 6.07) is 50.2. The summed E-state index contributed by atoms with van der Waals surface area (Å²) in [6.45, 7) is 1.64. The number of hydrogen-bond acceptors (Lipinski definition) is 2. The molecule has 39 heavy (non-hydrogen) atoms. The first-order valence-electron chi connectivity index (χ1n) is 13.2. The van der Waals surface area contributed by atoms with Crippen LogP contribution in [0.4, 0.5) is 38.5 Å². The van der Waals surface area contributed by atoms with Crippen LogP contribution < -0.4 is 9.80 Å². The summed E-state index contributed by atoms with van der Waals surface area (Å²) < 4.78 is 13.3. The minimum Gasteiger partial charge on any atom is -0.310 e. The molecule has 0 bridgehead atoms. The third-order valence-corrected chi connectivity index (χ3v) is 6.98. The van der Waals surface area contributed by atoms with Crippen LogP contribution in [0, 0.1) is 6.92 Å². The van der Waals surface area contributed by atoms with Gasteiger partial charge in [-0.3, -0.25) is 0 Å². The van der Waals surface area contributed by atoms with E-state index in [4.69, 9.17) is 0 Å². The van der Waals surface area contributed by atoms with Crippen molar-refractivity contribution < 1.29 is 4.39 Å². The first kappa shape index (κ1) is 24.4. The predicted molar refractivity (Wildman–Crippen MR) is 163 cm³/mol. The van der Waals surface area contributed by atoms with Gasteiger partial charge in [-0.2, -0.15) is 0 Å². The van der Waals surface area contributed by atoms with E-state index < -0.39 is 6.67 Å². The minimum absolute atomic E-state index is 0.473. The zero-order valence-electron chi connectivity index (χ0n) is 21.8. The maximum absolute atomic E-state index is 13.3. The highest BCUT2D eigenvalue weighted by Crippen LogP contribution is 2.39. The molecule has 6 aromatic carbocycles. The normalized spacial score (nSPS) is 10.9. The molecule has 0 N–H and O–H groups in total. The van der Waals surface area contributed by atoms with Gasteiger partial charge in [-0.1, -0.05) is 72.8 Å². The zero-order chi connectivity index (χ0) is 26.6. The van der Waals surface area contributed by atoms with Crippen LogP contribution in [0.3, 0.4) is 0 Å². The second-order valence-corrected chi connectivity index (χ2v) is 9.69. The van der Waals surface area contributed by atoms with Crippen LogP contribution >= 0.6 is 0 Å². The molecule has 0 fully saturated rings. The molecule has 0 heterocycles. The Morgan fingerprint density at radius 1 is 0.436 bits per heavy atom. The van der Waals surface area contributed by atoms with Crippen molar-refractivity contribution in [2.45, 2.75) is 13.6 Å². The van der Waals surface area contributed by atoms with Gasteiger partial charge in [0.25, 0.3) is 0 Å². The van der Waals surface area contributed by atoms with E-state index in [2.05, 4.69) is 132 Å². The number of fused-ring (bicyclic) bond motifs is 1. The maximum atomic E-state index is 13.3. The van der Waals surface area contributed by atoms with Crippen molar-refractivity contribution in [3.63, 3.8) is 0 Å². The van der Waals surface area contributed by atoms with Gasteiger partial charge in [0.15, 0.2) is 0 Å². The molecule has 0 saturated carbocycles. The summed E-state index contributed by atoms with van der Waals surface area (Å²) in [5.41, 5.74) is 8.22. The number of rotatable bonds is 7. The lowest BCUT2D eigenvalue weighted by Crippen LogP contribution is -2.12. The van der Waals surface area contributed by atoms with Crippen LogP contribution in [-0.2, 0) is 6.67 Å². The van der Waals surface area contributed by atoms with E-state index in [1.807, 2.05) is 30.3 Å². The van der Waals surface area contributed by atoms with E-state index in [1.165, 1.54) is 16.3 Å². The molecular formula is C36H29FN2. The summed E-state index contributed by atoms with van der Waals surface area (Å²) >= 11 is 0. The molecule has 0 radical (unpaired) electrons. The molecule has 0 aliphatic rings. The van der Waals surface area contributed by atoms with Crippen molar-refractivity contribution in [2.24, 2.45) is 0 Å². The molecule has 0 amide bonds. The van der Waals surface area contributed by atoms with E-state index in [0.717, 1.165) is 34.1 Å². The zero-order valence-corrected chi connectivity index (χ0v) is 21.8. The van der Waals surface area contributed by atoms with Crippen molar-refractivity contribution in [2.75, 3.05) is 9.80 Å². The highest BCUT2D eigenvalue weighted by molar-refractivity contribution is 5.89. The fourth-order valence-corrected chi connectivity index (χ4v) is 5.04. The summed E-state index contributed by atoms with van der Waals surface area (Å²) in [5.74, 6) is 0. The summed E-state index contributed by atoms with van der Waals surface area (Å²) in [6.07, 6.45) is 0. The Balaban J connectivity index is 1.45. The summed E-state index contributed by atoms with van der Waals surface area (Å²) in [7, 11) is 0. The lowest BCUT2D eigenvalue weighted by Gasteiger charge is -2.28. The van der Waals surface area contributed by atoms with Crippen LogP contribution in [0.15, 0.2) is 146 Å². The van der Waals surface area contributed by atoms with Crippen molar-refractivity contribution in [1.82, 2.24) is 0 Å². The number of hydrogen-bond donors (Lipinski definition) is 0. The maximum Gasteiger partial charge on any atom is 0.115 e. The van der Waals surface area contributed by atoms with Gasteiger partial charge >= 0.3 is 0 Å². The predicted octanol–water partition coefficient (Wildman–Crippen LogP) is 10.6. The number of anilines is 6. The van der Waals surface area contributed by atoms with Crippen molar-refractivity contribution in [1.29, 1.82) is 0 Å².